The molecule has 2 aromatic carbocycles. The predicted molar refractivity (Wildman–Crippen MR) is 110 cm³/mol. The van der Waals surface area contributed by atoms with E-state index in [1.165, 1.54) is 33.5 Å². The number of rotatable bonds is 4. The van der Waals surface area contributed by atoms with Gasteiger partial charge in [0.1, 0.15) is 0 Å². The van der Waals surface area contributed by atoms with Gasteiger partial charge in [0.15, 0.2) is 0 Å². The first-order valence-electron chi connectivity index (χ1n) is 9.32. The van der Waals surface area contributed by atoms with Crippen molar-refractivity contribution in [2.75, 3.05) is 11.9 Å². The third-order valence-electron chi connectivity index (χ3n) is 4.89. The minimum absolute atomic E-state index is 0.00717. The Morgan fingerprint density at radius 3 is 2.65 bits per heavy atom. The van der Waals surface area contributed by atoms with E-state index in [0.29, 0.717) is 0 Å². The van der Waals surface area contributed by atoms with Gasteiger partial charge < -0.3 is 10.6 Å². The molecule has 0 saturated heterocycles. The highest BCUT2D eigenvalue weighted by atomic mass is 16.1. The first-order valence-corrected chi connectivity index (χ1v) is 9.32. The van der Waals surface area contributed by atoms with Gasteiger partial charge in [-0.05, 0) is 92.6 Å². The van der Waals surface area contributed by atoms with Crippen LogP contribution >= 0.6 is 0 Å². The van der Waals surface area contributed by atoms with E-state index in [-0.39, 0.29) is 11.9 Å². The van der Waals surface area contributed by atoms with Gasteiger partial charge in [0, 0.05) is 23.8 Å². The molecule has 2 aromatic rings. The third kappa shape index (κ3) is 3.82. The van der Waals surface area contributed by atoms with Crippen molar-refractivity contribution in [1.82, 2.24) is 5.32 Å². The molecule has 3 nitrogen and oxygen atoms in total. The highest BCUT2D eigenvalue weighted by Crippen LogP contribution is 2.32. The van der Waals surface area contributed by atoms with E-state index in [4.69, 9.17) is 0 Å². The molecule has 0 aromatic heterocycles. The molecule has 1 amide bonds. The number of amides is 1. The fourth-order valence-corrected chi connectivity index (χ4v) is 3.45. The maximum absolute atomic E-state index is 12.2. The van der Waals surface area contributed by atoms with Crippen LogP contribution in [0.25, 0.3) is 17.2 Å². The average molecular weight is 348 g/mol. The van der Waals surface area contributed by atoms with Gasteiger partial charge in [-0.3, -0.25) is 4.79 Å². The van der Waals surface area contributed by atoms with Gasteiger partial charge in [-0.25, -0.2) is 0 Å². The summed E-state index contributed by atoms with van der Waals surface area (Å²) in [6.45, 7) is 11.1. The second-order valence-electron chi connectivity index (χ2n) is 7.53. The molecule has 2 N–H and O–H groups in total. The quantitative estimate of drug-likeness (QED) is 0.774. The summed E-state index contributed by atoms with van der Waals surface area (Å²) in [6.07, 6.45) is 3.07. The molecular formula is C23H28N2O. The molecule has 0 fully saturated rings. The van der Waals surface area contributed by atoms with Crippen LogP contribution in [0.5, 0.6) is 0 Å². The normalized spacial score (nSPS) is 13.5. The Hall–Kier alpha value is -2.55. The molecule has 0 bridgehead atoms. The van der Waals surface area contributed by atoms with Crippen LogP contribution in [-0.4, -0.2) is 18.5 Å². The number of benzene rings is 2. The minimum Gasteiger partial charge on any atom is -0.384 e. The van der Waals surface area contributed by atoms with Crippen molar-refractivity contribution < 1.29 is 4.79 Å². The lowest BCUT2D eigenvalue weighted by Crippen LogP contribution is -2.30. The number of hydrogen-bond acceptors (Lipinski definition) is 2. The number of carbonyl (C=O) groups is 1. The summed E-state index contributed by atoms with van der Waals surface area (Å²) < 4.78 is 0. The van der Waals surface area contributed by atoms with Gasteiger partial charge >= 0.3 is 0 Å². The summed E-state index contributed by atoms with van der Waals surface area (Å²) in [5.74, 6) is -0.00717. The Morgan fingerprint density at radius 1 is 1.15 bits per heavy atom. The predicted octanol–water partition coefficient (Wildman–Crippen LogP) is 4.87. The average Bonchev–Trinajstić information content (AvgIpc) is 3.04. The van der Waals surface area contributed by atoms with Crippen molar-refractivity contribution in [3.8, 4) is 11.1 Å². The maximum Gasteiger partial charge on any atom is 0.247 e. The summed E-state index contributed by atoms with van der Waals surface area (Å²) in [5.41, 5.74) is 9.42. The Bertz CT molecular complexity index is 878. The molecule has 1 aliphatic heterocycles. The van der Waals surface area contributed by atoms with Crippen LogP contribution in [0, 0.1) is 13.8 Å². The van der Waals surface area contributed by atoms with E-state index in [0.717, 1.165) is 24.1 Å². The van der Waals surface area contributed by atoms with Crippen LogP contribution in [0.15, 0.2) is 35.9 Å². The zero-order valence-electron chi connectivity index (χ0n) is 16.4. The Kier molecular flexibility index (Phi) is 5.17. The molecule has 0 aliphatic carbocycles. The number of fused-ring (bicyclic) bond motifs is 1. The molecule has 0 spiro atoms. The Morgan fingerprint density at radius 2 is 1.92 bits per heavy atom. The van der Waals surface area contributed by atoms with Gasteiger partial charge in [-0.1, -0.05) is 18.2 Å². The standard InChI is InChI=1S/C23H28N2O/c1-14(2)25-23(26)17(5)11-20-10-16(4)21(12-15(20)3)18-6-7-22-19(13-18)8-9-24-22/h6-7,10-14,24H,8-9H2,1-5H3,(H,25,26)/b17-11+. The zero-order chi connectivity index (χ0) is 18.8. The molecule has 3 rings (SSSR count). The fourth-order valence-electron chi connectivity index (χ4n) is 3.45. The molecule has 26 heavy (non-hydrogen) atoms. The van der Waals surface area contributed by atoms with Crippen molar-refractivity contribution in [3.05, 3.63) is 58.2 Å². The van der Waals surface area contributed by atoms with Gasteiger partial charge in [0.05, 0.1) is 0 Å². The topological polar surface area (TPSA) is 41.1 Å². The third-order valence-corrected chi connectivity index (χ3v) is 4.89. The van der Waals surface area contributed by atoms with Gasteiger partial charge in [-0.2, -0.15) is 0 Å². The molecule has 0 saturated carbocycles. The van der Waals surface area contributed by atoms with Crippen LogP contribution in [0.1, 0.15) is 43.0 Å². The number of nitrogens with one attached hydrogen (secondary N) is 2. The van der Waals surface area contributed by atoms with Crippen LogP contribution < -0.4 is 10.6 Å². The van der Waals surface area contributed by atoms with Gasteiger partial charge in [0.2, 0.25) is 5.91 Å². The number of aryl methyl sites for hydroxylation is 2. The zero-order valence-corrected chi connectivity index (χ0v) is 16.4. The van der Waals surface area contributed by atoms with Crippen molar-refractivity contribution in [3.63, 3.8) is 0 Å². The summed E-state index contributed by atoms with van der Waals surface area (Å²) in [4.78, 5) is 12.2. The van der Waals surface area contributed by atoms with E-state index in [1.807, 2.05) is 26.8 Å². The van der Waals surface area contributed by atoms with Crippen LogP contribution in [0.2, 0.25) is 0 Å². The lowest BCUT2D eigenvalue weighted by atomic mass is 9.93. The molecule has 1 aliphatic rings. The van der Waals surface area contributed by atoms with Crippen LogP contribution in [-0.2, 0) is 11.2 Å². The number of carbonyl (C=O) groups excluding carboxylic acids is 1. The minimum atomic E-state index is -0.00717. The summed E-state index contributed by atoms with van der Waals surface area (Å²) >= 11 is 0. The van der Waals surface area contributed by atoms with E-state index in [9.17, 15) is 4.79 Å². The van der Waals surface area contributed by atoms with Crippen molar-refractivity contribution in [2.24, 2.45) is 0 Å². The van der Waals surface area contributed by atoms with Crippen molar-refractivity contribution in [2.45, 2.75) is 47.1 Å². The summed E-state index contributed by atoms with van der Waals surface area (Å²) in [7, 11) is 0. The smallest absolute Gasteiger partial charge is 0.247 e. The lowest BCUT2D eigenvalue weighted by Gasteiger charge is -2.13. The van der Waals surface area contributed by atoms with Crippen molar-refractivity contribution in [1.29, 1.82) is 0 Å². The van der Waals surface area contributed by atoms with E-state index < -0.39 is 0 Å². The van der Waals surface area contributed by atoms with Gasteiger partial charge in [-0.15, -0.1) is 0 Å². The fraction of sp³-hybridized carbons (Fsp3) is 0.348. The number of hydrogen-bond donors (Lipinski definition) is 2. The molecule has 3 heteroatoms. The molecular weight excluding hydrogens is 320 g/mol. The SMILES string of the molecule is C/C(=C\c1cc(C)c(-c2ccc3c(c2)CCN3)cc1C)C(=O)NC(C)C. The number of anilines is 1. The van der Waals surface area contributed by atoms with Crippen LogP contribution in [0.3, 0.4) is 0 Å². The Balaban J connectivity index is 1.93. The summed E-state index contributed by atoms with van der Waals surface area (Å²) in [5, 5.41) is 6.36. The van der Waals surface area contributed by atoms with Crippen molar-refractivity contribution >= 4 is 17.7 Å². The van der Waals surface area contributed by atoms with Crippen LogP contribution in [0.4, 0.5) is 5.69 Å². The molecule has 1 heterocycles. The first-order chi connectivity index (χ1) is 12.3. The second kappa shape index (κ2) is 7.36. The Labute approximate surface area is 156 Å². The highest BCUT2D eigenvalue weighted by Gasteiger charge is 2.13. The molecule has 0 atom stereocenters. The van der Waals surface area contributed by atoms with E-state index in [1.54, 1.807) is 0 Å². The molecule has 0 unspecified atom stereocenters. The van der Waals surface area contributed by atoms with E-state index >= 15 is 0 Å². The first kappa shape index (κ1) is 18.2. The van der Waals surface area contributed by atoms with Gasteiger partial charge in [0.25, 0.3) is 0 Å². The molecule has 0 radical (unpaired) electrons. The second-order valence-corrected chi connectivity index (χ2v) is 7.53. The monoisotopic (exact) mass is 348 g/mol. The summed E-state index contributed by atoms with van der Waals surface area (Å²) in [6, 6.07) is 11.2. The lowest BCUT2D eigenvalue weighted by molar-refractivity contribution is -0.117. The molecule has 136 valence electrons. The highest BCUT2D eigenvalue weighted by molar-refractivity contribution is 5.97. The van der Waals surface area contributed by atoms with E-state index in [2.05, 4.69) is 54.8 Å². The largest absolute Gasteiger partial charge is 0.384 e. The maximum atomic E-state index is 12.2.